The third kappa shape index (κ3) is 4.55. The Kier molecular flexibility index (Phi) is 6.16. The Morgan fingerprint density at radius 3 is 2.67 bits per heavy atom. The first-order valence-electron chi connectivity index (χ1n) is 9.86. The number of carbonyl (C=O) groups is 1. The Morgan fingerprint density at radius 2 is 1.93 bits per heavy atom. The first-order chi connectivity index (χ1) is 14.5. The van der Waals surface area contributed by atoms with Gasteiger partial charge in [-0.2, -0.15) is 0 Å². The number of rotatable bonds is 6. The maximum Gasteiger partial charge on any atom is 0.260 e. The van der Waals surface area contributed by atoms with Gasteiger partial charge in [0.25, 0.3) is 5.91 Å². The molecule has 0 atom stereocenters. The van der Waals surface area contributed by atoms with Crippen LogP contribution in [-0.2, 0) is 6.54 Å². The average molecular weight is 434 g/mol. The van der Waals surface area contributed by atoms with E-state index in [0.29, 0.717) is 22.5 Å². The molecule has 0 aliphatic carbocycles. The lowest BCUT2D eigenvalue weighted by Gasteiger charge is -2.20. The molecule has 6 heteroatoms. The zero-order valence-corrected chi connectivity index (χ0v) is 18.8. The second kappa shape index (κ2) is 8.98. The van der Waals surface area contributed by atoms with Crippen LogP contribution in [0.25, 0.3) is 10.2 Å². The summed E-state index contributed by atoms with van der Waals surface area (Å²) in [6.45, 7) is 6.72. The van der Waals surface area contributed by atoms with Gasteiger partial charge in [-0.15, -0.1) is 11.8 Å². The van der Waals surface area contributed by atoms with E-state index in [-0.39, 0.29) is 5.91 Å². The van der Waals surface area contributed by atoms with Crippen molar-refractivity contribution >= 4 is 44.4 Å². The number of hydrogen-bond acceptors (Lipinski definition) is 5. The molecule has 0 radical (unpaired) electrons. The van der Waals surface area contributed by atoms with Gasteiger partial charge < -0.3 is 0 Å². The number of aryl methyl sites for hydroxylation is 1. The fraction of sp³-hybridized carbons (Fsp3) is 0.208. The Morgan fingerprint density at radius 1 is 1.10 bits per heavy atom. The van der Waals surface area contributed by atoms with Crippen LogP contribution in [0.5, 0.6) is 0 Å². The lowest BCUT2D eigenvalue weighted by molar-refractivity contribution is 0.0984. The van der Waals surface area contributed by atoms with Crippen LogP contribution < -0.4 is 4.90 Å². The molecule has 4 aromatic rings. The van der Waals surface area contributed by atoms with Crippen molar-refractivity contribution in [1.82, 2.24) is 9.97 Å². The highest BCUT2D eigenvalue weighted by atomic mass is 32.2. The zero-order valence-electron chi connectivity index (χ0n) is 17.2. The maximum absolute atomic E-state index is 13.6. The average Bonchev–Trinajstić information content (AvgIpc) is 3.17. The lowest BCUT2D eigenvalue weighted by Crippen LogP contribution is -2.30. The topological polar surface area (TPSA) is 46.1 Å². The molecule has 0 bridgehead atoms. The van der Waals surface area contributed by atoms with Crippen LogP contribution in [0.3, 0.4) is 0 Å². The molecule has 2 aromatic carbocycles. The summed E-state index contributed by atoms with van der Waals surface area (Å²) in [5.74, 6) is -0.0661. The summed E-state index contributed by atoms with van der Waals surface area (Å²) in [6, 6.07) is 19.7. The smallest absolute Gasteiger partial charge is 0.260 e. The Balaban J connectivity index is 1.74. The van der Waals surface area contributed by atoms with Crippen molar-refractivity contribution in [2.75, 3.05) is 4.90 Å². The molecule has 0 spiro atoms. The molecule has 4 rings (SSSR count). The summed E-state index contributed by atoms with van der Waals surface area (Å²) >= 11 is 3.29. The van der Waals surface area contributed by atoms with Crippen LogP contribution >= 0.6 is 23.1 Å². The molecule has 30 heavy (non-hydrogen) atoms. The van der Waals surface area contributed by atoms with E-state index in [0.717, 1.165) is 26.4 Å². The predicted molar refractivity (Wildman–Crippen MR) is 127 cm³/mol. The second-order valence-electron chi connectivity index (χ2n) is 7.32. The van der Waals surface area contributed by atoms with E-state index in [9.17, 15) is 4.79 Å². The molecule has 0 N–H and O–H groups in total. The summed E-state index contributed by atoms with van der Waals surface area (Å²) in [6.07, 6.45) is 1.75. The van der Waals surface area contributed by atoms with Crippen molar-refractivity contribution in [1.29, 1.82) is 0 Å². The maximum atomic E-state index is 13.6. The molecule has 1 amide bonds. The third-order valence-corrected chi connectivity index (χ3v) is 6.63. The van der Waals surface area contributed by atoms with Crippen LogP contribution in [0.1, 0.15) is 35.5 Å². The number of carbonyl (C=O) groups excluding carboxylic acids is 1. The minimum Gasteiger partial charge on any atom is -0.278 e. The number of aromatic nitrogens is 2. The molecule has 0 aliphatic heterocycles. The summed E-state index contributed by atoms with van der Waals surface area (Å²) in [5.41, 5.74) is 3.54. The lowest BCUT2D eigenvalue weighted by atomic mass is 10.2. The van der Waals surface area contributed by atoms with E-state index in [1.165, 1.54) is 11.3 Å². The Labute approximate surface area is 185 Å². The largest absolute Gasteiger partial charge is 0.278 e. The highest BCUT2D eigenvalue weighted by Crippen LogP contribution is 2.32. The number of amides is 1. The number of benzene rings is 2. The molecule has 152 valence electrons. The molecule has 0 fully saturated rings. The van der Waals surface area contributed by atoms with E-state index in [2.05, 4.69) is 18.8 Å². The van der Waals surface area contributed by atoms with Crippen molar-refractivity contribution in [3.63, 3.8) is 0 Å². The van der Waals surface area contributed by atoms with Crippen LogP contribution in [0, 0.1) is 6.92 Å². The van der Waals surface area contributed by atoms with E-state index in [1.54, 1.807) is 22.9 Å². The molecular weight excluding hydrogens is 410 g/mol. The number of hydrogen-bond donors (Lipinski definition) is 0. The molecule has 2 aromatic heterocycles. The normalized spacial score (nSPS) is 11.2. The number of nitrogens with zero attached hydrogens (tertiary/aromatic N) is 3. The number of anilines is 1. The van der Waals surface area contributed by atoms with E-state index < -0.39 is 0 Å². The number of pyridine rings is 1. The fourth-order valence-electron chi connectivity index (χ4n) is 3.20. The summed E-state index contributed by atoms with van der Waals surface area (Å²) in [7, 11) is 0. The van der Waals surface area contributed by atoms with Gasteiger partial charge >= 0.3 is 0 Å². The van der Waals surface area contributed by atoms with Gasteiger partial charge in [-0.3, -0.25) is 14.7 Å². The van der Waals surface area contributed by atoms with Gasteiger partial charge in [-0.05, 0) is 48.9 Å². The molecular formula is C24H23N3OS2. The molecule has 4 nitrogen and oxygen atoms in total. The van der Waals surface area contributed by atoms with Gasteiger partial charge in [-0.25, -0.2) is 4.98 Å². The molecule has 2 heterocycles. The number of para-hydroxylation sites is 1. The highest BCUT2D eigenvalue weighted by Gasteiger charge is 2.23. The Bertz CT molecular complexity index is 1170. The number of thioether (sulfide) groups is 1. The van der Waals surface area contributed by atoms with Crippen LogP contribution in [0.4, 0.5) is 5.13 Å². The standard InChI is InChI=1S/C24H23N3OS2/c1-16(2)29-20-11-7-9-18(14-20)23(28)27(15-19-10-4-5-13-25-19)24-26-22-17(3)8-6-12-21(22)30-24/h4-14,16H,15H2,1-3H3. The highest BCUT2D eigenvalue weighted by molar-refractivity contribution is 7.99. The summed E-state index contributed by atoms with van der Waals surface area (Å²) < 4.78 is 1.08. The predicted octanol–water partition coefficient (Wildman–Crippen LogP) is 6.35. The first-order valence-corrected chi connectivity index (χ1v) is 11.6. The van der Waals surface area contributed by atoms with Crippen molar-refractivity contribution in [2.24, 2.45) is 0 Å². The fourth-order valence-corrected chi connectivity index (χ4v) is 5.14. The van der Waals surface area contributed by atoms with Crippen molar-refractivity contribution < 1.29 is 4.79 Å². The van der Waals surface area contributed by atoms with Gasteiger partial charge in [0.05, 0.1) is 22.5 Å². The second-order valence-corrected chi connectivity index (χ2v) is 9.98. The quantitative estimate of drug-likeness (QED) is 0.333. The monoisotopic (exact) mass is 433 g/mol. The van der Waals surface area contributed by atoms with E-state index in [1.807, 2.05) is 67.6 Å². The minimum absolute atomic E-state index is 0.0661. The minimum atomic E-state index is -0.0661. The van der Waals surface area contributed by atoms with E-state index in [4.69, 9.17) is 4.98 Å². The van der Waals surface area contributed by atoms with Crippen LogP contribution in [0.2, 0.25) is 0 Å². The third-order valence-electron chi connectivity index (χ3n) is 4.58. The SMILES string of the molecule is Cc1cccc2sc(N(Cc3ccccn3)C(=O)c3cccc(SC(C)C)c3)nc12. The van der Waals surface area contributed by atoms with Crippen molar-refractivity contribution in [3.8, 4) is 0 Å². The van der Waals surface area contributed by atoms with Gasteiger partial charge in [-0.1, -0.05) is 49.4 Å². The van der Waals surface area contributed by atoms with E-state index >= 15 is 0 Å². The molecule has 0 saturated heterocycles. The van der Waals surface area contributed by atoms with Crippen LogP contribution in [0.15, 0.2) is 71.8 Å². The number of thiazole rings is 1. The van der Waals surface area contributed by atoms with Gasteiger partial charge in [0, 0.05) is 21.9 Å². The number of fused-ring (bicyclic) bond motifs is 1. The Hall–Kier alpha value is -2.70. The van der Waals surface area contributed by atoms with Crippen LogP contribution in [-0.4, -0.2) is 21.1 Å². The summed E-state index contributed by atoms with van der Waals surface area (Å²) in [5, 5.41) is 1.14. The summed E-state index contributed by atoms with van der Waals surface area (Å²) in [4.78, 5) is 25.7. The van der Waals surface area contributed by atoms with Gasteiger partial charge in [0.2, 0.25) is 0 Å². The molecule has 0 aliphatic rings. The molecule has 0 saturated carbocycles. The molecule has 0 unspecified atom stereocenters. The van der Waals surface area contributed by atoms with Crippen molar-refractivity contribution in [2.45, 2.75) is 37.5 Å². The van der Waals surface area contributed by atoms with Crippen molar-refractivity contribution in [3.05, 3.63) is 83.7 Å². The van der Waals surface area contributed by atoms with Gasteiger partial charge in [0.1, 0.15) is 0 Å². The first kappa shape index (κ1) is 20.6. The van der Waals surface area contributed by atoms with Gasteiger partial charge in [0.15, 0.2) is 5.13 Å². The zero-order chi connectivity index (χ0) is 21.1.